The van der Waals surface area contributed by atoms with Crippen molar-refractivity contribution in [1.82, 2.24) is 4.90 Å². The number of piperidine rings is 3. The Balaban J connectivity index is 1.63. The van der Waals surface area contributed by atoms with Crippen LogP contribution < -0.4 is 5.73 Å². The summed E-state index contributed by atoms with van der Waals surface area (Å²) in [4.78, 5) is 2.78. The van der Waals surface area contributed by atoms with Gasteiger partial charge < -0.3 is 10.6 Å². The van der Waals surface area contributed by atoms with Gasteiger partial charge >= 0.3 is 0 Å². The predicted molar refractivity (Wildman–Crippen MR) is 67.2 cm³/mol. The van der Waals surface area contributed by atoms with Crippen molar-refractivity contribution in [3.05, 3.63) is 0 Å². The average molecular weight is 222 g/mol. The number of fused-ring (bicyclic) bond motifs is 2. The minimum absolute atomic E-state index is 0.456. The number of hydrogen-bond acceptors (Lipinski definition) is 2. The third-order valence-corrected chi connectivity index (χ3v) is 5.48. The first-order valence-corrected chi connectivity index (χ1v) is 7.27. The van der Waals surface area contributed by atoms with Gasteiger partial charge in [-0.05, 0) is 69.4 Å². The van der Waals surface area contributed by atoms with Crippen LogP contribution in [0.15, 0.2) is 0 Å². The van der Waals surface area contributed by atoms with E-state index in [2.05, 4.69) is 11.8 Å². The van der Waals surface area contributed by atoms with E-state index in [1.54, 1.807) is 0 Å². The first-order chi connectivity index (χ1) is 7.78. The van der Waals surface area contributed by atoms with Crippen LogP contribution in [0.5, 0.6) is 0 Å². The van der Waals surface area contributed by atoms with E-state index in [1.807, 2.05) is 0 Å². The molecule has 3 saturated heterocycles. The zero-order chi connectivity index (χ0) is 11.1. The van der Waals surface area contributed by atoms with Crippen molar-refractivity contribution in [1.29, 1.82) is 0 Å². The molecule has 4 unspecified atom stereocenters. The van der Waals surface area contributed by atoms with Crippen molar-refractivity contribution in [2.75, 3.05) is 13.1 Å². The quantitative estimate of drug-likeness (QED) is 0.793. The molecule has 2 heteroatoms. The molecular formula is C14H26N2. The Hall–Kier alpha value is -0.0800. The zero-order valence-electron chi connectivity index (χ0n) is 10.6. The summed E-state index contributed by atoms with van der Waals surface area (Å²) >= 11 is 0. The molecule has 0 radical (unpaired) electrons. The Morgan fingerprint density at radius 2 is 2.00 bits per heavy atom. The summed E-state index contributed by atoms with van der Waals surface area (Å²) in [7, 11) is 0. The number of hydrogen-bond donors (Lipinski definition) is 1. The molecule has 2 nitrogen and oxygen atoms in total. The smallest absolute Gasteiger partial charge is 0.0129 e. The summed E-state index contributed by atoms with van der Waals surface area (Å²) in [5.74, 6) is 3.04. The van der Waals surface area contributed by atoms with Gasteiger partial charge in [-0.3, -0.25) is 0 Å². The fourth-order valence-corrected chi connectivity index (χ4v) is 4.55. The third-order valence-electron chi connectivity index (χ3n) is 5.48. The van der Waals surface area contributed by atoms with Gasteiger partial charge in [0.25, 0.3) is 0 Å². The van der Waals surface area contributed by atoms with Crippen molar-refractivity contribution in [2.45, 2.75) is 57.5 Å². The molecule has 3 aliphatic heterocycles. The van der Waals surface area contributed by atoms with Crippen LogP contribution in [0.25, 0.3) is 0 Å². The molecule has 4 aliphatic rings. The number of nitrogens with zero attached hydrogens (tertiary/aromatic N) is 1. The first kappa shape index (κ1) is 11.0. The largest absolute Gasteiger partial charge is 0.328 e. The highest BCUT2D eigenvalue weighted by atomic mass is 15.2. The highest BCUT2D eigenvalue weighted by molar-refractivity contribution is 5.00. The van der Waals surface area contributed by atoms with Crippen molar-refractivity contribution in [2.24, 2.45) is 23.5 Å². The topological polar surface area (TPSA) is 29.3 Å². The van der Waals surface area contributed by atoms with Gasteiger partial charge in [0.05, 0.1) is 0 Å². The lowest BCUT2D eigenvalue weighted by Crippen LogP contribution is -2.52. The minimum atomic E-state index is 0.456. The summed E-state index contributed by atoms with van der Waals surface area (Å²) in [5, 5.41) is 0. The van der Waals surface area contributed by atoms with Gasteiger partial charge in [0.1, 0.15) is 0 Å². The molecular weight excluding hydrogens is 196 g/mol. The lowest BCUT2D eigenvalue weighted by Gasteiger charge is -2.48. The van der Waals surface area contributed by atoms with Crippen LogP contribution in [0.1, 0.15) is 45.4 Å². The Bertz CT molecular complexity index is 225. The highest BCUT2D eigenvalue weighted by Crippen LogP contribution is 2.48. The van der Waals surface area contributed by atoms with Crippen LogP contribution in [0.2, 0.25) is 0 Å². The van der Waals surface area contributed by atoms with E-state index in [0.29, 0.717) is 6.04 Å². The van der Waals surface area contributed by atoms with Crippen molar-refractivity contribution < 1.29 is 0 Å². The normalized spacial score (nSPS) is 48.0. The molecule has 1 aliphatic carbocycles. The van der Waals surface area contributed by atoms with E-state index in [4.69, 9.17) is 5.73 Å². The van der Waals surface area contributed by atoms with Gasteiger partial charge in [-0.1, -0.05) is 6.92 Å². The van der Waals surface area contributed by atoms with Crippen LogP contribution in [0.3, 0.4) is 0 Å². The number of rotatable bonds is 3. The Kier molecular flexibility index (Phi) is 2.97. The second-order valence-electron chi connectivity index (χ2n) is 6.35. The molecule has 4 rings (SSSR count). The molecule has 0 amide bonds. The maximum atomic E-state index is 6.11. The van der Waals surface area contributed by atoms with E-state index < -0.39 is 0 Å². The Morgan fingerprint density at radius 1 is 1.25 bits per heavy atom. The highest BCUT2D eigenvalue weighted by Gasteiger charge is 2.47. The van der Waals surface area contributed by atoms with Crippen LogP contribution >= 0.6 is 0 Å². The van der Waals surface area contributed by atoms with E-state index >= 15 is 0 Å². The van der Waals surface area contributed by atoms with Crippen molar-refractivity contribution >= 4 is 0 Å². The summed E-state index contributed by atoms with van der Waals surface area (Å²) in [6, 6.07) is 1.40. The molecule has 92 valence electrons. The SMILES string of the molecule is CCC(N)CC1CC2C3CCN(CC3)C2C1. The third kappa shape index (κ3) is 1.80. The van der Waals surface area contributed by atoms with Crippen LogP contribution in [-0.4, -0.2) is 30.1 Å². The predicted octanol–water partition coefficient (Wildman–Crippen LogP) is 2.23. The van der Waals surface area contributed by atoms with E-state index in [-0.39, 0.29) is 0 Å². The lowest BCUT2D eigenvalue weighted by molar-refractivity contribution is 0.00792. The molecule has 1 saturated carbocycles. The van der Waals surface area contributed by atoms with Crippen molar-refractivity contribution in [3.8, 4) is 0 Å². The van der Waals surface area contributed by atoms with Gasteiger partial charge in [-0.2, -0.15) is 0 Å². The molecule has 0 spiro atoms. The van der Waals surface area contributed by atoms with E-state index in [1.165, 1.54) is 45.2 Å². The second-order valence-corrected chi connectivity index (χ2v) is 6.35. The van der Waals surface area contributed by atoms with Crippen molar-refractivity contribution in [3.63, 3.8) is 0 Å². The molecule has 0 aromatic rings. The molecule has 16 heavy (non-hydrogen) atoms. The lowest BCUT2D eigenvalue weighted by atomic mass is 9.75. The van der Waals surface area contributed by atoms with Crippen LogP contribution in [0.4, 0.5) is 0 Å². The Labute approximate surface area is 99.6 Å². The molecule has 3 heterocycles. The fraction of sp³-hybridized carbons (Fsp3) is 1.00. The minimum Gasteiger partial charge on any atom is -0.328 e. The zero-order valence-corrected chi connectivity index (χ0v) is 10.6. The summed E-state index contributed by atoms with van der Waals surface area (Å²) in [6.07, 6.45) is 8.33. The van der Waals surface area contributed by atoms with Gasteiger partial charge in [-0.15, -0.1) is 0 Å². The average Bonchev–Trinajstić information content (AvgIpc) is 2.75. The summed E-state index contributed by atoms with van der Waals surface area (Å²) < 4.78 is 0. The van der Waals surface area contributed by atoms with Gasteiger partial charge in [0.2, 0.25) is 0 Å². The van der Waals surface area contributed by atoms with Gasteiger partial charge in [0.15, 0.2) is 0 Å². The molecule has 0 aromatic heterocycles. The molecule has 0 aromatic carbocycles. The standard InChI is InChI=1S/C14H26N2/c1-2-12(15)7-10-8-13-11-3-5-16(6-4-11)14(13)9-10/h10-14H,2-9,15H2,1H3. The summed E-state index contributed by atoms with van der Waals surface area (Å²) in [5.41, 5.74) is 6.11. The maximum Gasteiger partial charge on any atom is 0.0129 e. The second kappa shape index (κ2) is 4.30. The van der Waals surface area contributed by atoms with Gasteiger partial charge in [0, 0.05) is 12.1 Å². The number of nitrogens with two attached hydrogens (primary N) is 1. The summed E-state index contributed by atoms with van der Waals surface area (Å²) in [6.45, 7) is 5.00. The van der Waals surface area contributed by atoms with E-state index in [0.717, 1.165) is 30.2 Å². The first-order valence-electron chi connectivity index (χ1n) is 7.27. The Morgan fingerprint density at radius 3 is 2.62 bits per heavy atom. The van der Waals surface area contributed by atoms with E-state index in [9.17, 15) is 0 Å². The maximum absolute atomic E-state index is 6.11. The van der Waals surface area contributed by atoms with Crippen LogP contribution in [0, 0.1) is 17.8 Å². The van der Waals surface area contributed by atoms with Crippen LogP contribution in [-0.2, 0) is 0 Å². The van der Waals surface area contributed by atoms with Gasteiger partial charge in [-0.25, -0.2) is 0 Å². The monoisotopic (exact) mass is 222 g/mol. The fourth-order valence-electron chi connectivity index (χ4n) is 4.55. The molecule has 4 fully saturated rings. The molecule has 2 N–H and O–H groups in total. The molecule has 4 atom stereocenters. The molecule has 2 bridgehead atoms.